The molecule has 4 rings (SSSR count). The summed E-state index contributed by atoms with van der Waals surface area (Å²) in [4.78, 5) is 18.9. The quantitative estimate of drug-likeness (QED) is 0.587. The van der Waals surface area contributed by atoms with Crippen LogP contribution in [0.3, 0.4) is 0 Å². The maximum absolute atomic E-state index is 12.8. The Morgan fingerprint density at radius 3 is 2.55 bits per heavy atom. The van der Waals surface area contributed by atoms with E-state index in [1.54, 1.807) is 30.6 Å². The zero-order valence-corrected chi connectivity index (χ0v) is 19.1. The zero-order valence-electron chi connectivity index (χ0n) is 18.3. The number of aryl methyl sites for hydroxylation is 1. The van der Waals surface area contributed by atoms with E-state index in [0.29, 0.717) is 5.76 Å². The highest BCUT2D eigenvalue weighted by atomic mass is 32.1. The molecule has 1 atom stereocenters. The Kier molecular flexibility index (Phi) is 6.75. The summed E-state index contributed by atoms with van der Waals surface area (Å²) < 4.78 is 10.7. The van der Waals surface area contributed by atoms with Crippen LogP contribution >= 0.6 is 11.3 Å². The molecule has 3 aromatic rings. The molecule has 1 amide bonds. The smallest absolute Gasteiger partial charge is 0.291 e. The Bertz CT molecular complexity index is 990. The first-order valence-corrected chi connectivity index (χ1v) is 11.4. The monoisotopic (exact) mass is 439 g/mol. The van der Waals surface area contributed by atoms with Gasteiger partial charge in [-0.25, -0.2) is 0 Å². The van der Waals surface area contributed by atoms with Crippen molar-refractivity contribution in [3.8, 4) is 5.75 Å². The number of methoxy groups -OCH3 is 1. The molecular formula is C24H29N3O3S. The van der Waals surface area contributed by atoms with Crippen molar-refractivity contribution in [2.45, 2.75) is 19.4 Å². The standard InChI is InChI=1S/C24H29N3O3S/c1-4-19-16-20(24(31-19)25-23(28)21-6-5-15-30-21)22(27-13-11-26(2)12-14-27)17-7-9-18(29-3)10-8-17/h5-10,15-16,22H,4,11-14H2,1-3H3,(H,25,28)/t22-/m1/s1. The van der Waals surface area contributed by atoms with E-state index in [9.17, 15) is 4.79 Å². The van der Waals surface area contributed by atoms with Crippen molar-refractivity contribution in [3.63, 3.8) is 0 Å². The number of ether oxygens (including phenoxy) is 1. The van der Waals surface area contributed by atoms with Gasteiger partial charge in [0.15, 0.2) is 5.76 Å². The number of hydrogen-bond acceptors (Lipinski definition) is 6. The second-order valence-electron chi connectivity index (χ2n) is 7.80. The van der Waals surface area contributed by atoms with Gasteiger partial charge in [-0.2, -0.15) is 0 Å². The molecule has 1 fully saturated rings. The summed E-state index contributed by atoms with van der Waals surface area (Å²) in [5, 5.41) is 4.00. The average Bonchev–Trinajstić information content (AvgIpc) is 3.46. The molecule has 1 saturated heterocycles. The topological polar surface area (TPSA) is 58.0 Å². The highest BCUT2D eigenvalue weighted by Crippen LogP contribution is 2.40. The summed E-state index contributed by atoms with van der Waals surface area (Å²) in [5.74, 6) is 0.937. The van der Waals surface area contributed by atoms with Crippen LogP contribution in [0.2, 0.25) is 0 Å². The van der Waals surface area contributed by atoms with Gasteiger partial charge in [-0.15, -0.1) is 11.3 Å². The van der Waals surface area contributed by atoms with E-state index < -0.39 is 0 Å². The van der Waals surface area contributed by atoms with E-state index in [0.717, 1.165) is 48.9 Å². The largest absolute Gasteiger partial charge is 0.497 e. The first-order chi connectivity index (χ1) is 15.1. The third-order valence-electron chi connectivity index (χ3n) is 5.76. The van der Waals surface area contributed by atoms with E-state index in [-0.39, 0.29) is 11.9 Å². The van der Waals surface area contributed by atoms with Crippen LogP contribution in [-0.4, -0.2) is 56.0 Å². The molecule has 164 valence electrons. The molecule has 1 N–H and O–H groups in total. The van der Waals surface area contributed by atoms with Crippen molar-refractivity contribution in [1.82, 2.24) is 9.80 Å². The maximum atomic E-state index is 12.8. The summed E-state index contributed by atoms with van der Waals surface area (Å²) in [6.07, 6.45) is 2.44. The summed E-state index contributed by atoms with van der Waals surface area (Å²) in [6.45, 7) is 6.12. The van der Waals surface area contributed by atoms with Gasteiger partial charge in [0.1, 0.15) is 10.8 Å². The lowest BCUT2D eigenvalue weighted by molar-refractivity contribution is 0.0996. The number of benzene rings is 1. The molecule has 1 aliphatic heterocycles. The van der Waals surface area contributed by atoms with Crippen LogP contribution in [0.25, 0.3) is 0 Å². The minimum Gasteiger partial charge on any atom is -0.497 e. The number of rotatable bonds is 7. The second kappa shape index (κ2) is 9.68. The van der Waals surface area contributed by atoms with Crippen LogP contribution in [0.15, 0.2) is 53.1 Å². The van der Waals surface area contributed by atoms with Crippen LogP contribution in [0.4, 0.5) is 5.00 Å². The molecule has 0 bridgehead atoms. The third kappa shape index (κ3) is 4.84. The molecule has 31 heavy (non-hydrogen) atoms. The Morgan fingerprint density at radius 1 is 1.19 bits per heavy atom. The predicted molar refractivity (Wildman–Crippen MR) is 124 cm³/mol. The van der Waals surface area contributed by atoms with Gasteiger partial charge in [0.25, 0.3) is 5.91 Å². The molecule has 0 aliphatic carbocycles. The van der Waals surface area contributed by atoms with Crippen molar-refractivity contribution >= 4 is 22.2 Å². The van der Waals surface area contributed by atoms with Gasteiger partial charge in [-0.3, -0.25) is 9.69 Å². The maximum Gasteiger partial charge on any atom is 0.291 e. The normalized spacial score (nSPS) is 16.2. The lowest BCUT2D eigenvalue weighted by atomic mass is 9.97. The van der Waals surface area contributed by atoms with E-state index >= 15 is 0 Å². The zero-order chi connectivity index (χ0) is 21.8. The molecule has 0 unspecified atom stereocenters. The Morgan fingerprint density at radius 2 is 1.94 bits per heavy atom. The number of piperazine rings is 1. The van der Waals surface area contributed by atoms with Crippen LogP contribution in [-0.2, 0) is 6.42 Å². The minimum absolute atomic E-state index is 0.0584. The number of carbonyl (C=O) groups excluding carboxylic acids is 1. The third-order valence-corrected chi connectivity index (χ3v) is 6.97. The van der Waals surface area contributed by atoms with Crippen molar-refractivity contribution in [3.05, 3.63) is 70.5 Å². The lowest BCUT2D eigenvalue weighted by Gasteiger charge is -2.38. The number of nitrogens with zero attached hydrogens (tertiary/aromatic N) is 2. The first kappa shape index (κ1) is 21.6. The fourth-order valence-electron chi connectivity index (χ4n) is 3.96. The molecule has 0 saturated carbocycles. The van der Waals surface area contributed by atoms with Gasteiger partial charge in [0.2, 0.25) is 0 Å². The summed E-state index contributed by atoms with van der Waals surface area (Å²) in [5.41, 5.74) is 2.33. The van der Waals surface area contributed by atoms with Crippen molar-refractivity contribution < 1.29 is 13.9 Å². The van der Waals surface area contributed by atoms with Crippen molar-refractivity contribution in [2.75, 3.05) is 45.7 Å². The van der Waals surface area contributed by atoms with Gasteiger partial charge in [0, 0.05) is 36.6 Å². The number of furan rings is 1. The highest BCUT2D eigenvalue weighted by molar-refractivity contribution is 7.16. The number of likely N-dealkylation sites (N-methyl/N-ethyl adjacent to an activating group) is 1. The van der Waals surface area contributed by atoms with Crippen LogP contribution in [0, 0.1) is 0 Å². The average molecular weight is 440 g/mol. The van der Waals surface area contributed by atoms with E-state index in [2.05, 4.69) is 47.3 Å². The number of thiophene rings is 1. The summed E-state index contributed by atoms with van der Waals surface area (Å²) in [6, 6.07) is 14.0. The van der Waals surface area contributed by atoms with E-state index in [1.807, 2.05) is 12.1 Å². The molecule has 3 heterocycles. The molecule has 0 spiro atoms. The van der Waals surface area contributed by atoms with Gasteiger partial charge in [-0.1, -0.05) is 19.1 Å². The first-order valence-electron chi connectivity index (χ1n) is 10.6. The fraction of sp³-hybridized carbons (Fsp3) is 0.375. The van der Waals surface area contributed by atoms with Crippen LogP contribution in [0.1, 0.15) is 39.5 Å². The number of anilines is 1. The molecule has 7 heteroatoms. The molecule has 1 aromatic carbocycles. The number of nitrogens with one attached hydrogen (secondary N) is 1. The minimum atomic E-state index is -0.220. The van der Waals surface area contributed by atoms with E-state index in [1.165, 1.54) is 16.7 Å². The molecule has 0 radical (unpaired) electrons. The Balaban J connectivity index is 1.72. The molecule has 1 aliphatic rings. The van der Waals surface area contributed by atoms with Gasteiger partial charge < -0.3 is 19.4 Å². The number of hydrogen-bond donors (Lipinski definition) is 1. The van der Waals surface area contributed by atoms with Gasteiger partial charge in [-0.05, 0) is 49.4 Å². The van der Waals surface area contributed by atoms with Crippen molar-refractivity contribution in [1.29, 1.82) is 0 Å². The summed E-state index contributed by atoms with van der Waals surface area (Å²) >= 11 is 1.64. The molecular weight excluding hydrogens is 410 g/mol. The molecule has 6 nitrogen and oxygen atoms in total. The SMILES string of the molecule is CCc1cc([C@@H](c2ccc(OC)cc2)N2CCN(C)CC2)c(NC(=O)c2ccco2)s1. The Labute approximate surface area is 187 Å². The molecule has 2 aromatic heterocycles. The number of carbonyl (C=O) groups is 1. The summed E-state index contributed by atoms with van der Waals surface area (Å²) in [7, 11) is 3.84. The number of amides is 1. The van der Waals surface area contributed by atoms with Crippen LogP contribution in [0.5, 0.6) is 5.75 Å². The fourth-order valence-corrected chi connectivity index (χ4v) is 4.98. The van der Waals surface area contributed by atoms with E-state index in [4.69, 9.17) is 9.15 Å². The van der Waals surface area contributed by atoms with Gasteiger partial charge in [0.05, 0.1) is 19.4 Å². The second-order valence-corrected chi connectivity index (χ2v) is 8.93. The van der Waals surface area contributed by atoms with Gasteiger partial charge >= 0.3 is 0 Å². The predicted octanol–water partition coefficient (Wildman–Crippen LogP) is 4.50. The highest BCUT2D eigenvalue weighted by Gasteiger charge is 2.29. The van der Waals surface area contributed by atoms with Crippen molar-refractivity contribution in [2.24, 2.45) is 0 Å². The Hall–Kier alpha value is -2.61. The lowest BCUT2D eigenvalue weighted by Crippen LogP contribution is -2.46. The van der Waals surface area contributed by atoms with Crippen LogP contribution < -0.4 is 10.1 Å².